The number of nitrogens with zero attached hydrogens (tertiary/aromatic N) is 1. The smallest absolute Gasteiger partial charge is 0.0981 e. The van der Waals surface area contributed by atoms with E-state index in [1.54, 1.807) is 0 Å². The molecule has 0 spiro atoms. The van der Waals surface area contributed by atoms with E-state index in [0.29, 0.717) is 13.2 Å². The van der Waals surface area contributed by atoms with Gasteiger partial charge in [0.2, 0.25) is 0 Å². The molecule has 1 aromatic rings. The molecule has 112 valence electrons. The number of rotatable bonds is 5. The molecule has 1 saturated heterocycles. The van der Waals surface area contributed by atoms with Gasteiger partial charge in [-0.15, -0.1) is 0 Å². The van der Waals surface area contributed by atoms with Crippen molar-refractivity contribution in [3.8, 4) is 0 Å². The molecule has 2 unspecified atom stereocenters. The lowest BCUT2D eigenvalue weighted by Gasteiger charge is -2.40. The minimum Gasteiger partial charge on any atom is -0.394 e. The number of aliphatic hydroxyl groups excluding tert-OH is 1. The number of anilines is 1. The zero-order valence-corrected chi connectivity index (χ0v) is 12.9. The molecule has 5 heteroatoms. The first-order chi connectivity index (χ1) is 9.67. The maximum Gasteiger partial charge on any atom is 0.0981 e. The molecular weight excluding hydrogens is 276 g/mol. The second kappa shape index (κ2) is 7.27. The maximum absolute atomic E-state index is 9.32. The number of benzene rings is 1. The summed E-state index contributed by atoms with van der Waals surface area (Å²) in [6.45, 7) is 7.23. The Morgan fingerprint density at radius 1 is 1.50 bits per heavy atom. The quantitative estimate of drug-likeness (QED) is 0.873. The van der Waals surface area contributed by atoms with Gasteiger partial charge in [-0.2, -0.15) is 0 Å². The van der Waals surface area contributed by atoms with Gasteiger partial charge in [0.25, 0.3) is 0 Å². The van der Waals surface area contributed by atoms with Crippen molar-refractivity contribution in [1.82, 2.24) is 5.32 Å². The van der Waals surface area contributed by atoms with Gasteiger partial charge in [-0.05, 0) is 25.6 Å². The zero-order valence-electron chi connectivity index (χ0n) is 12.1. The fourth-order valence-corrected chi connectivity index (χ4v) is 2.74. The first kappa shape index (κ1) is 15.6. The van der Waals surface area contributed by atoms with E-state index < -0.39 is 0 Å². The summed E-state index contributed by atoms with van der Waals surface area (Å²) in [5.41, 5.74) is 2.24. The van der Waals surface area contributed by atoms with Crippen molar-refractivity contribution in [2.45, 2.75) is 32.5 Å². The van der Waals surface area contributed by atoms with Crippen LogP contribution in [-0.4, -0.2) is 43.6 Å². The summed E-state index contributed by atoms with van der Waals surface area (Å²) in [6.07, 6.45) is -0.128. The highest BCUT2D eigenvalue weighted by Gasteiger charge is 2.27. The molecule has 1 heterocycles. The van der Waals surface area contributed by atoms with Crippen molar-refractivity contribution in [2.75, 3.05) is 31.2 Å². The minimum absolute atomic E-state index is 0.0479. The van der Waals surface area contributed by atoms with Gasteiger partial charge in [-0.1, -0.05) is 24.6 Å². The molecule has 20 heavy (non-hydrogen) atoms. The molecule has 1 fully saturated rings. The van der Waals surface area contributed by atoms with Crippen LogP contribution < -0.4 is 10.2 Å². The van der Waals surface area contributed by atoms with Crippen molar-refractivity contribution in [3.63, 3.8) is 0 Å². The summed E-state index contributed by atoms with van der Waals surface area (Å²) in [5.74, 6) is 0. The van der Waals surface area contributed by atoms with E-state index >= 15 is 0 Å². The first-order valence-electron chi connectivity index (χ1n) is 7.14. The standard InChI is InChI=1S/C15H23ClN2O2/c1-3-17-7-13-14(16)5-4-6-15(13)18-8-12(9-19)20-10-11(18)2/h4-6,11-12,17,19H,3,7-10H2,1-2H3. The summed E-state index contributed by atoms with van der Waals surface area (Å²) in [6, 6.07) is 6.27. The Bertz CT molecular complexity index is 442. The Kier molecular flexibility index (Phi) is 5.66. The van der Waals surface area contributed by atoms with Gasteiger partial charge >= 0.3 is 0 Å². The lowest BCUT2D eigenvalue weighted by atomic mass is 10.1. The third kappa shape index (κ3) is 3.44. The third-order valence-electron chi connectivity index (χ3n) is 3.66. The number of hydrogen-bond acceptors (Lipinski definition) is 4. The highest BCUT2D eigenvalue weighted by molar-refractivity contribution is 6.31. The highest BCUT2D eigenvalue weighted by atomic mass is 35.5. The molecule has 1 aromatic carbocycles. The average molecular weight is 299 g/mol. The Morgan fingerprint density at radius 3 is 3.00 bits per heavy atom. The van der Waals surface area contributed by atoms with Crippen LogP contribution in [-0.2, 0) is 11.3 Å². The van der Waals surface area contributed by atoms with Crippen molar-refractivity contribution in [2.24, 2.45) is 0 Å². The van der Waals surface area contributed by atoms with Gasteiger partial charge in [0.1, 0.15) is 0 Å². The number of nitrogens with one attached hydrogen (secondary N) is 1. The molecule has 0 radical (unpaired) electrons. The van der Waals surface area contributed by atoms with Crippen LogP contribution in [0.25, 0.3) is 0 Å². The molecule has 2 N–H and O–H groups in total. The van der Waals surface area contributed by atoms with Gasteiger partial charge in [-0.3, -0.25) is 0 Å². The number of halogens is 1. The van der Waals surface area contributed by atoms with Gasteiger partial charge in [0.15, 0.2) is 0 Å². The number of morpholine rings is 1. The topological polar surface area (TPSA) is 44.7 Å². The zero-order chi connectivity index (χ0) is 14.5. The van der Waals surface area contributed by atoms with Crippen LogP contribution in [0, 0.1) is 0 Å². The van der Waals surface area contributed by atoms with Crippen LogP contribution in [0.3, 0.4) is 0 Å². The van der Waals surface area contributed by atoms with Crippen LogP contribution in [0.5, 0.6) is 0 Å². The number of ether oxygens (including phenoxy) is 1. The van der Waals surface area contributed by atoms with Crippen LogP contribution in [0.1, 0.15) is 19.4 Å². The summed E-state index contributed by atoms with van der Waals surface area (Å²) < 4.78 is 5.60. The Hall–Kier alpha value is -0.810. The fraction of sp³-hybridized carbons (Fsp3) is 0.600. The van der Waals surface area contributed by atoms with E-state index in [-0.39, 0.29) is 18.8 Å². The van der Waals surface area contributed by atoms with Crippen molar-refractivity contribution >= 4 is 17.3 Å². The van der Waals surface area contributed by atoms with Gasteiger partial charge in [0, 0.05) is 35.4 Å². The first-order valence-corrected chi connectivity index (χ1v) is 7.52. The van der Waals surface area contributed by atoms with E-state index in [1.807, 2.05) is 12.1 Å². The van der Waals surface area contributed by atoms with Crippen LogP contribution in [0.15, 0.2) is 18.2 Å². The molecule has 1 aliphatic heterocycles. The Labute approximate surface area is 125 Å². The predicted molar refractivity (Wildman–Crippen MR) is 82.5 cm³/mol. The summed E-state index contributed by atoms with van der Waals surface area (Å²) in [5, 5.41) is 13.4. The van der Waals surface area contributed by atoms with E-state index in [9.17, 15) is 5.11 Å². The van der Waals surface area contributed by atoms with Gasteiger partial charge in [0.05, 0.1) is 19.3 Å². The maximum atomic E-state index is 9.32. The van der Waals surface area contributed by atoms with Crippen molar-refractivity contribution in [3.05, 3.63) is 28.8 Å². The van der Waals surface area contributed by atoms with Gasteiger partial charge < -0.3 is 20.1 Å². The van der Waals surface area contributed by atoms with E-state index in [4.69, 9.17) is 16.3 Å². The summed E-state index contributed by atoms with van der Waals surface area (Å²) in [7, 11) is 0. The normalized spacial score (nSPS) is 23.1. The van der Waals surface area contributed by atoms with E-state index in [0.717, 1.165) is 29.4 Å². The van der Waals surface area contributed by atoms with Gasteiger partial charge in [-0.25, -0.2) is 0 Å². The molecule has 0 aliphatic carbocycles. The van der Waals surface area contributed by atoms with E-state index in [1.165, 1.54) is 0 Å². The van der Waals surface area contributed by atoms with Crippen molar-refractivity contribution in [1.29, 1.82) is 0 Å². The Balaban J connectivity index is 2.27. The molecule has 0 amide bonds. The molecule has 1 aliphatic rings. The number of hydrogen-bond donors (Lipinski definition) is 2. The summed E-state index contributed by atoms with van der Waals surface area (Å²) in [4.78, 5) is 2.28. The Morgan fingerprint density at radius 2 is 2.30 bits per heavy atom. The predicted octanol–water partition coefficient (Wildman–Crippen LogP) is 2.04. The van der Waals surface area contributed by atoms with Crippen molar-refractivity contribution < 1.29 is 9.84 Å². The molecule has 2 atom stereocenters. The lowest BCUT2D eigenvalue weighted by Crippen LogP contribution is -2.50. The van der Waals surface area contributed by atoms with Crippen LogP contribution in [0.4, 0.5) is 5.69 Å². The molecule has 2 rings (SSSR count). The summed E-state index contributed by atoms with van der Waals surface area (Å²) >= 11 is 6.36. The molecule has 4 nitrogen and oxygen atoms in total. The van der Waals surface area contributed by atoms with Crippen LogP contribution in [0.2, 0.25) is 5.02 Å². The second-order valence-electron chi connectivity index (χ2n) is 5.16. The fourth-order valence-electron chi connectivity index (χ4n) is 2.50. The van der Waals surface area contributed by atoms with Crippen LogP contribution >= 0.6 is 11.6 Å². The molecule has 0 aromatic heterocycles. The minimum atomic E-state index is -0.128. The third-order valence-corrected chi connectivity index (χ3v) is 4.02. The second-order valence-corrected chi connectivity index (χ2v) is 5.56. The highest BCUT2D eigenvalue weighted by Crippen LogP contribution is 2.30. The molecule has 0 bridgehead atoms. The molecule has 0 saturated carbocycles. The molecular formula is C15H23ClN2O2. The average Bonchev–Trinajstić information content (AvgIpc) is 2.46. The van der Waals surface area contributed by atoms with E-state index in [2.05, 4.69) is 30.1 Å². The monoisotopic (exact) mass is 298 g/mol. The largest absolute Gasteiger partial charge is 0.394 e. The number of aliphatic hydroxyl groups is 1. The SMILES string of the molecule is CCNCc1c(Cl)cccc1N1CC(CO)OCC1C. The lowest BCUT2D eigenvalue weighted by molar-refractivity contribution is -0.0103.